The molecule has 1 fully saturated rings. The number of likely N-dealkylation sites (N-methyl/N-ethyl adjacent to an activating group) is 1. The SMILES string of the molecule is CN1CCC(Oc2cc3c(cc2CO)OCO3)C1=O. The van der Waals surface area contributed by atoms with Crippen molar-refractivity contribution in [2.24, 2.45) is 0 Å². The molecule has 1 aromatic rings. The number of likely N-dealkylation sites (tertiary alicyclic amines) is 1. The Hall–Kier alpha value is -1.95. The molecule has 1 amide bonds. The highest BCUT2D eigenvalue weighted by Crippen LogP contribution is 2.38. The lowest BCUT2D eigenvalue weighted by Gasteiger charge is -2.15. The summed E-state index contributed by atoms with van der Waals surface area (Å²) < 4.78 is 16.2. The fourth-order valence-corrected chi connectivity index (χ4v) is 2.25. The maximum atomic E-state index is 11.8. The van der Waals surface area contributed by atoms with Crippen molar-refractivity contribution < 1.29 is 24.1 Å². The van der Waals surface area contributed by atoms with Crippen molar-refractivity contribution in [2.75, 3.05) is 20.4 Å². The van der Waals surface area contributed by atoms with Gasteiger partial charge in [0.25, 0.3) is 5.91 Å². The summed E-state index contributed by atoms with van der Waals surface area (Å²) in [7, 11) is 1.75. The average molecular weight is 265 g/mol. The molecule has 1 N–H and O–H groups in total. The Balaban J connectivity index is 1.86. The van der Waals surface area contributed by atoms with E-state index < -0.39 is 6.10 Å². The van der Waals surface area contributed by atoms with Crippen molar-refractivity contribution in [3.8, 4) is 17.2 Å². The van der Waals surface area contributed by atoms with Gasteiger partial charge in [-0.1, -0.05) is 0 Å². The Kier molecular flexibility index (Phi) is 2.94. The number of aliphatic hydroxyl groups excluding tert-OH is 1. The highest BCUT2D eigenvalue weighted by Gasteiger charge is 2.32. The van der Waals surface area contributed by atoms with Crippen molar-refractivity contribution in [1.29, 1.82) is 0 Å². The molecule has 0 aliphatic carbocycles. The second-order valence-corrected chi connectivity index (χ2v) is 4.63. The fraction of sp³-hybridized carbons (Fsp3) is 0.462. The monoisotopic (exact) mass is 265 g/mol. The first kappa shape index (κ1) is 12.1. The van der Waals surface area contributed by atoms with E-state index in [9.17, 15) is 9.90 Å². The second-order valence-electron chi connectivity index (χ2n) is 4.63. The van der Waals surface area contributed by atoms with Crippen molar-refractivity contribution in [3.63, 3.8) is 0 Å². The summed E-state index contributed by atoms with van der Waals surface area (Å²) in [6.07, 6.45) is 0.157. The fourth-order valence-electron chi connectivity index (χ4n) is 2.25. The van der Waals surface area contributed by atoms with E-state index in [1.165, 1.54) is 0 Å². The molecule has 0 saturated carbocycles. The largest absolute Gasteiger partial charge is 0.480 e. The predicted octanol–water partition coefficient (Wildman–Crippen LogP) is 0.517. The standard InChI is InChI=1S/C13H15NO5/c1-14-3-2-9(13(14)16)19-10-5-12-11(17-7-18-12)4-8(10)6-15/h4-5,9,15H,2-3,6-7H2,1H3. The van der Waals surface area contributed by atoms with Gasteiger partial charge in [-0.2, -0.15) is 0 Å². The average Bonchev–Trinajstić information content (AvgIpc) is 2.99. The highest BCUT2D eigenvalue weighted by molar-refractivity contribution is 5.83. The van der Waals surface area contributed by atoms with Crippen molar-refractivity contribution in [1.82, 2.24) is 4.90 Å². The lowest BCUT2D eigenvalue weighted by Crippen LogP contribution is -2.29. The van der Waals surface area contributed by atoms with Crippen LogP contribution in [-0.4, -0.2) is 42.4 Å². The van der Waals surface area contributed by atoms with Crippen molar-refractivity contribution in [3.05, 3.63) is 17.7 Å². The topological polar surface area (TPSA) is 68.2 Å². The lowest BCUT2D eigenvalue weighted by atomic mass is 10.2. The van der Waals surface area contributed by atoms with Crippen LogP contribution in [0.3, 0.4) is 0 Å². The van der Waals surface area contributed by atoms with Crippen LogP contribution in [0.15, 0.2) is 12.1 Å². The van der Waals surface area contributed by atoms with Gasteiger partial charge < -0.3 is 24.2 Å². The summed E-state index contributed by atoms with van der Waals surface area (Å²) >= 11 is 0. The van der Waals surface area contributed by atoms with Crippen LogP contribution in [0.4, 0.5) is 0 Å². The molecule has 2 aliphatic heterocycles. The predicted molar refractivity (Wildman–Crippen MR) is 65.2 cm³/mol. The summed E-state index contributed by atoms with van der Waals surface area (Å²) in [5.74, 6) is 1.60. The maximum absolute atomic E-state index is 11.8. The molecule has 1 unspecified atom stereocenters. The van der Waals surface area contributed by atoms with E-state index in [2.05, 4.69) is 0 Å². The van der Waals surface area contributed by atoms with E-state index in [0.717, 1.165) is 0 Å². The van der Waals surface area contributed by atoms with Crippen LogP contribution in [0.1, 0.15) is 12.0 Å². The van der Waals surface area contributed by atoms with Crippen LogP contribution in [0, 0.1) is 0 Å². The quantitative estimate of drug-likeness (QED) is 0.862. The molecule has 1 aromatic carbocycles. The Morgan fingerprint density at radius 3 is 2.79 bits per heavy atom. The minimum Gasteiger partial charge on any atom is -0.480 e. The van der Waals surface area contributed by atoms with E-state index in [-0.39, 0.29) is 19.3 Å². The van der Waals surface area contributed by atoms with Crippen LogP contribution in [0.25, 0.3) is 0 Å². The second kappa shape index (κ2) is 4.62. The molecule has 0 radical (unpaired) electrons. The van der Waals surface area contributed by atoms with Gasteiger partial charge in [0.1, 0.15) is 5.75 Å². The Morgan fingerprint density at radius 1 is 1.42 bits per heavy atom. The number of fused-ring (bicyclic) bond motifs is 1. The van der Waals surface area contributed by atoms with Gasteiger partial charge in [-0.3, -0.25) is 4.79 Å². The number of carbonyl (C=O) groups excluding carboxylic acids is 1. The zero-order valence-corrected chi connectivity index (χ0v) is 10.6. The lowest BCUT2D eigenvalue weighted by molar-refractivity contribution is -0.132. The van der Waals surface area contributed by atoms with Gasteiger partial charge >= 0.3 is 0 Å². The molecule has 0 aromatic heterocycles. The first-order valence-corrected chi connectivity index (χ1v) is 6.14. The maximum Gasteiger partial charge on any atom is 0.263 e. The number of carbonyl (C=O) groups is 1. The molecule has 3 rings (SSSR count). The molecule has 0 bridgehead atoms. The molecule has 102 valence electrons. The molecule has 19 heavy (non-hydrogen) atoms. The normalized spacial score (nSPS) is 21.1. The van der Waals surface area contributed by atoms with Gasteiger partial charge in [0.15, 0.2) is 17.6 Å². The van der Waals surface area contributed by atoms with Gasteiger partial charge in [-0.25, -0.2) is 0 Å². The minimum atomic E-state index is -0.490. The molecule has 0 spiro atoms. The zero-order chi connectivity index (χ0) is 13.4. The third-order valence-corrected chi connectivity index (χ3v) is 3.37. The molecule has 6 nitrogen and oxygen atoms in total. The molecular formula is C13H15NO5. The number of nitrogens with zero attached hydrogens (tertiary/aromatic N) is 1. The third kappa shape index (κ3) is 2.08. The van der Waals surface area contributed by atoms with Crippen LogP contribution >= 0.6 is 0 Å². The van der Waals surface area contributed by atoms with Gasteiger partial charge in [0, 0.05) is 31.6 Å². The number of hydrogen-bond donors (Lipinski definition) is 1. The van der Waals surface area contributed by atoms with E-state index >= 15 is 0 Å². The van der Waals surface area contributed by atoms with E-state index in [1.807, 2.05) is 0 Å². The number of rotatable bonds is 3. The summed E-state index contributed by atoms with van der Waals surface area (Å²) in [5, 5.41) is 9.37. The van der Waals surface area contributed by atoms with Crippen LogP contribution < -0.4 is 14.2 Å². The minimum absolute atomic E-state index is 0.0402. The number of aliphatic hydroxyl groups is 1. The molecule has 2 aliphatic rings. The number of hydrogen-bond acceptors (Lipinski definition) is 5. The zero-order valence-electron chi connectivity index (χ0n) is 10.6. The van der Waals surface area contributed by atoms with E-state index in [1.54, 1.807) is 24.1 Å². The molecular weight excluding hydrogens is 250 g/mol. The highest BCUT2D eigenvalue weighted by atomic mass is 16.7. The number of benzene rings is 1. The summed E-state index contributed by atoms with van der Waals surface area (Å²) in [6.45, 7) is 0.667. The summed E-state index contributed by atoms with van der Waals surface area (Å²) in [4.78, 5) is 13.5. The Labute approximate surface area is 110 Å². The van der Waals surface area contributed by atoms with Gasteiger partial charge in [0.2, 0.25) is 6.79 Å². The summed E-state index contributed by atoms with van der Waals surface area (Å²) in [5.41, 5.74) is 0.589. The van der Waals surface area contributed by atoms with Crippen LogP contribution in [0.2, 0.25) is 0 Å². The third-order valence-electron chi connectivity index (χ3n) is 3.37. The molecule has 1 atom stereocenters. The van der Waals surface area contributed by atoms with E-state index in [0.29, 0.717) is 35.8 Å². The van der Waals surface area contributed by atoms with Crippen molar-refractivity contribution in [2.45, 2.75) is 19.1 Å². The van der Waals surface area contributed by atoms with Crippen LogP contribution in [0.5, 0.6) is 17.2 Å². The smallest absolute Gasteiger partial charge is 0.263 e. The molecule has 2 heterocycles. The van der Waals surface area contributed by atoms with Crippen molar-refractivity contribution >= 4 is 5.91 Å². The molecule has 6 heteroatoms. The first-order valence-electron chi connectivity index (χ1n) is 6.14. The first-order chi connectivity index (χ1) is 9.19. The van der Waals surface area contributed by atoms with E-state index in [4.69, 9.17) is 14.2 Å². The number of amides is 1. The van der Waals surface area contributed by atoms with Gasteiger partial charge in [-0.15, -0.1) is 0 Å². The van der Waals surface area contributed by atoms with Gasteiger partial charge in [-0.05, 0) is 6.07 Å². The van der Waals surface area contributed by atoms with Crippen LogP contribution in [-0.2, 0) is 11.4 Å². The van der Waals surface area contributed by atoms with Gasteiger partial charge in [0.05, 0.1) is 6.61 Å². The Morgan fingerprint density at radius 2 is 2.16 bits per heavy atom. The number of ether oxygens (including phenoxy) is 3. The Bertz CT molecular complexity index is 516. The summed E-state index contributed by atoms with van der Waals surface area (Å²) in [6, 6.07) is 3.35. The molecule has 1 saturated heterocycles.